The molecule has 1 saturated heterocycles. The van der Waals surface area contributed by atoms with Crippen LogP contribution in [0, 0.1) is 0 Å². The molecule has 2 N–H and O–H groups in total. The molecular weight excluding hydrogens is 306 g/mol. The number of hydrogen-bond donors (Lipinski definition) is 2. The van der Waals surface area contributed by atoms with E-state index >= 15 is 0 Å². The molecule has 8 heteroatoms. The number of rotatable bonds is 6. The lowest BCUT2D eigenvalue weighted by molar-refractivity contribution is -0.147. The summed E-state index contributed by atoms with van der Waals surface area (Å²) in [5.74, 6) is -0.947. The monoisotopic (exact) mass is 329 g/mol. The number of piperazine rings is 1. The number of nitrogens with one attached hydrogen (secondary N) is 2. The number of nitrogens with zero attached hydrogens (tertiary/aromatic N) is 1. The SMILES string of the molecule is CCCCOC(=O)CC1C(=O)NCCN1C(=S)NC(=O)CC. The van der Waals surface area contributed by atoms with Gasteiger partial charge in [-0.3, -0.25) is 14.4 Å². The Hall–Kier alpha value is -1.70. The van der Waals surface area contributed by atoms with E-state index in [4.69, 9.17) is 17.0 Å². The van der Waals surface area contributed by atoms with Crippen molar-refractivity contribution in [2.75, 3.05) is 19.7 Å². The second-order valence-electron chi connectivity index (χ2n) is 4.99. The summed E-state index contributed by atoms with van der Waals surface area (Å²) in [4.78, 5) is 36.8. The fourth-order valence-corrected chi connectivity index (χ4v) is 2.32. The summed E-state index contributed by atoms with van der Waals surface area (Å²) >= 11 is 5.17. The van der Waals surface area contributed by atoms with Gasteiger partial charge >= 0.3 is 5.97 Å². The van der Waals surface area contributed by atoms with Crippen molar-refractivity contribution in [3.63, 3.8) is 0 Å². The highest BCUT2D eigenvalue weighted by Gasteiger charge is 2.34. The first kappa shape index (κ1) is 18.3. The molecule has 1 unspecified atom stereocenters. The summed E-state index contributed by atoms with van der Waals surface area (Å²) in [7, 11) is 0. The van der Waals surface area contributed by atoms with Gasteiger partial charge in [-0.05, 0) is 18.6 Å². The van der Waals surface area contributed by atoms with Gasteiger partial charge in [-0.1, -0.05) is 20.3 Å². The maximum absolute atomic E-state index is 12.0. The van der Waals surface area contributed by atoms with Crippen LogP contribution in [0.15, 0.2) is 0 Å². The standard InChI is InChI=1S/C14H23N3O4S/c1-3-5-8-21-12(19)9-10-13(20)15-6-7-17(10)14(22)16-11(18)4-2/h10H,3-9H2,1-2H3,(H,15,20)(H,16,18,22). The molecule has 0 aromatic carbocycles. The Morgan fingerprint density at radius 2 is 2.18 bits per heavy atom. The first-order chi connectivity index (χ1) is 10.5. The number of unbranched alkanes of at least 4 members (excludes halogenated alkanes) is 1. The van der Waals surface area contributed by atoms with Gasteiger partial charge < -0.3 is 20.3 Å². The van der Waals surface area contributed by atoms with Gasteiger partial charge in [-0.25, -0.2) is 0 Å². The molecule has 1 aliphatic heterocycles. The quantitative estimate of drug-likeness (QED) is 0.415. The third-order valence-corrected chi connectivity index (χ3v) is 3.62. The van der Waals surface area contributed by atoms with E-state index in [1.165, 1.54) is 0 Å². The predicted molar refractivity (Wildman–Crippen MR) is 85.0 cm³/mol. The van der Waals surface area contributed by atoms with Crippen LogP contribution in [0.25, 0.3) is 0 Å². The Bertz CT molecular complexity index is 442. The normalized spacial score (nSPS) is 17.6. The molecule has 0 aliphatic carbocycles. The van der Waals surface area contributed by atoms with Crippen molar-refractivity contribution in [3.05, 3.63) is 0 Å². The number of thiocarbonyl (C=S) groups is 1. The van der Waals surface area contributed by atoms with Crippen LogP contribution in [-0.2, 0) is 19.1 Å². The second-order valence-corrected chi connectivity index (χ2v) is 5.37. The molecule has 7 nitrogen and oxygen atoms in total. The van der Waals surface area contributed by atoms with Crippen molar-refractivity contribution in [2.45, 2.75) is 45.6 Å². The van der Waals surface area contributed by atoms with E-state index < -0.39 is 12.0 Å². The minimum atomic E-state index is -0.743. The highest BCUT2D eigenvalue weighted by molar-refractivity contribution is 7.80. The highest BCUT2D eigenvalue weighted by Crippen LogP contribution is 2.11. The molecule has 0 radical (unpaired) electrons. The van der Waals surface area contributed by atoms with Crippen molar-refractivity contribution in [1.29, 1.82) is 0 Å². The highest BCUT2D eigenvalue weighted by atomic mass is 32.1. The molecule has 124 valence electrons. The molecule has 1 fully saturated rings. The Morgan fingerprint density at radius 3 is 2.82 bits per heavy atom. The van der Waals surface area contributed by atoms with E-state index in [-0.39, 0.29) is 23.3 Å². The summed E-state index contributed by atoms with van der Waals surface area (Å²) in [5, 5.41) is 5.43. The first-order valence-electron chi connectivity index (χ1n) is 7.53. The number of amides is 2. The van der Waals surface area contributed by atoms with E-state index in [1.807, 2.05) is 6.92 Å². The Labute approximate surface area is 135 Å². The lowest BCUT2D eigenvalue weighted by atomic mass is 10.1. The van der Waals surface area contributed by atoms with Crippen molar-refractivity contribution in [2.24, 2.45) is 0 Å². The van der Waals surface area contributed by atoms with E-state index in [1.54, 1.807) is 11.8 Å². The van der Waals surface area contributed by atoms with Crippen LogP contribution >= 0.6 is 12.2 Å². The molecule has 0 saturated carbocycles. The Balaban J connectivity index is 2.64. The van der Waals surface area contributed by atoms with Gasteiger partial charge in [0.15, 0.2) is 5.11 Å². The average Bonchev–Trinajstić information content (AvgIpc) is 2.49. The largest absolute Gasteiger partial charge is 0.466 e. The van der Waals surface area contributed by atoms with Crippen LogP contribution in [0.4, 0.5) is 0 Å². The van der Waals surface area contributed by atoms with Crippen LogP contribution in [0.5, 0.6) is 0 Å². The molecule has 0 bridgehead atoms. The zero-order chi connectivity index (χ0) is 16.5. The van der Waals surface area contributed by atoms with E-state index in [0.717, 1.165) is 12.8 Å². The van der Waals surface area contributed by atoms with Crippen molar-refractivity contribution in [3.8, 4) is 0 Å². The lowest BCUT2D eigenvalue weighted by Crippen LogP contribution is -2.60. The average molecular weight is 329 g/mol. The lowest BCUT2D eigenvalue weighted by Gasteiger charge is -2.36. The summed E-state index contributed by atoms with van der Waals surface area (Å²) in [6.45, 7) is 4.92. The fourth-order valence-electron chi connectivity index (χ4n) is 1.99. The third-order valence-electron chi connectivity index (χ3n) is 3.28. The molecule has 1 aliphatic rings. The summed E-state index contributed by atoms with van der Waals surface area (Å²) in [6, 6.07) is -0.743. The van der Waals surface area contributed by atoms with Gasteiger partial charge in [0.1, 0.15) is 6.04 Å². The van der Waals surface area contributed by atoms with Crippen LogP contribution in [0.2, 0.25) is 0 Å². The Morgan fingerprint density at radius 1 is 1.45 bits per heavy atom. The van der Waals surface area contributed by atoms with Crippen LogP contribution in [0.1, 0.15) is 39.5 Å². The van der Waals surface area contributed by atoms with Crippen LogP contribution in [-0.4, -0.2) is 53.5 Å². The van der Waals surface area contributed by atoms with Gasteiger partial charge in [0, 0.05) is 19.5 Å². The number of esters is 1. The van der Waals surface area contributed by atoms with Crippen molar-refractivity contribution in [1.82, 2.24) is 15.5 Å². The van der Waals surface area contributed by atoms with E-state index in [9.17, 15) is 14.4 Å². The molecule has 1 heterocycles. The maximum Gasteiger partial charge on any atom is 0.308 e. The molecule has 0 spiro atoms. The minimum Gasteiger partial charge on any atom is -0.466 e. The molecule has 2 amide bonds. The molecule has 0 aromatic rings. The maximum atomic E-state index is 12.0. The zero-order valence-corrected chi connectivity index (χ0v) is 13.8. The van der Waals surface area contributed by atoms with Crippen molar-refractivity contribution >= 4 is 35.1 Å². The van der Waals surface area contributed by atoms with Gasteiger partial charge in [-0.2, -0.15) is 0 Å². The molecule has 0 aromatic heterocycles. The van der Waals surface area contributed by atoms with Crippen LogP contribution < -0.4 is 10.6 Å². The summed E-state index contributed by atoms with van der Waals surface area (Å²) in [6.07, 6.45) is 1.93. The van der Waals surface area contributed by atoms with Gasteiger partial charge in [0.25, 0.3) is 0 Å². The molecule has 1 rings (SSSR count). The number of carbonyl (C=O) groups excluding carboxylic acids is 3. The van der Waals surface area contributed by atoms with E-state index in [0.29, 0.717) is 26.1 Å². The van der Waals surface area contributed by atoms with Crippen molar-refractivity contribution < 1.29 is 19.1 Å². The molecule has 22 heavy (non-hydrogen) atoms. The van der Waals surface area contributed by atoms with Gasteiger partial charge in [-0.15, -0.1) is 0 Å². The third kappa shape index (κ3) is 5.59. The summed E-state index contributed by atoms with van der Waals surface area (Å²) in [5.41, 5.74) is 0. The van der Waals surface area contributed by atoms with Gasteiger partial charge in [0.05, 0.1) is 13.0 Å². The van der Waals surface area contributed by atoms with E-state index in [2.05, 4.69) is 10.6 Å². The second kappa shape index (κ2) is 9.34. The smallest absolute Gasteiger partial charge is 0.308 e. The van der Waals surface area contributed by atoms with Gasteiger partial charge in [0.2, 0.25) is 11.8 Å². The first-order valence-corrected chi connectivity index (χ1v) is 7.94. The Kier molecular flexibility index (Phi) is 7.79. The predicted octanol–water partition coefficient (Wildman–Crippen LogP) is 0.331. The topological polar surface area (TPSA) is 87.7 Å². The summed E-state index contributed by atoms with van der Waals surface area (Å²) < 4.78 is 5.09. The number of carbonyl (C=O) groups is 3. The van der Waals surface area contributed by atoms with Crippen LogP contribution in [0.3, 0.4) is 0 Å². The minimum absolute atomic E-state index is 0.0856. The molecular formula is C14H23N3O4S. The zero-order valence-electron chi connectivity index (χ0n) is 13.0. The fraction of sp³-hybridized carbons (Fsp3) is 0.714. The number of hydrogen-bond acceptors (Lipinski definition) is 5. The molecule has 1 atom stereocenters. The number of ether oxygens (including phenoxy) is 1.